The Hall–Kier alpha value is -2.44. The highest BCUT2D eigenvalue weighted by Gasteiger charge is 2.11. The molecule has 0 atom stereocenters. The van der Waals surface area contributed by atoms with Gasteiger partial charge in [-0.2, -0.15) is 0 Å². The van der Waals surface area contributed by atoms with Crippen molar-refractivity contribution in [2.45, 2.75) is 0 Å². The summed E-state index contributed by atoms with van der Waals surface area (Å²) >= 11 is 2.93. The van der Waals surface area contributed by atoms with Crippen LogP contribution in [0, 0.1) is 0 Å². The molecular formula is C18H17N3OS2. The zero-order valence-electron chi connectivity index (χ0n) is 13.1. The van der Waals surface area contributed by atoms with E-state index in [-0.39, 0.29) is 5.91 Å². The first-order valence-electron chi connectivity index (χ1n) is 7.30. The first-order chi connectivity index (χ1) is 11.7. The number of nitrogens with one attached hydrogen (secondary N) is 2. The van der Waals surface area contributed by atoms with Crippen LogP contribution in [0.15, 0.2) is 60.0 Å². The normalized spacial score (nSPS) is 10.4. The predicted molar refractivity (Wildman–Crippen MR) is 106 cm³/mol. The minimum Gasteiger partial charge on any atom is -0.399 e. The zero-order chi connectivity index (χ0) is 16.9. The van der Waals surface area contributed by atoms with Gasteiger partial charge in [0.05, 0.1) is 4.88 Å². The topological polar surface area (TPSA) is 67.1 Å². The van der Waals surface area contributed by atoms with Crippen LogP contribution in [-0.2, 0) is 0 Å². The molecule has 0 bridgehead atoms. The van der Waals surface area contributed by atoms with Crippen molar-refractivity contribution in [2.75, 3.05) is 22.0 Å². The van der Waals surface area contributed by atoms with Gasteiger partial charge in [-0.3, -0.25) is 4.79 Å². The minimum atomic E-state index is -0.114. The Kier molecular flexibility index (Phi) is 5.08. The van der Waals surface area contributed by atoms with E-state index in [0.717, 1.165) is 22.5 Å². The summed E-state index contributed by atoms with van der Waals surface area (Å²) in [7, 11) is 0. The molecule has 122 valence electrons. The predicted octanol–water partition coefficient (Wildman–Crippen LogP) is 4.94. The van der Waals surface area contributed by atoms with Gasteiger partial charge in [0.15, 0.2) is 0 Å². The number of anilines is 3. The fraction of sp³-hybridized carbons (Fsp3) is 0.0556. The number of hydrogen-bond donors (Lipinski definition) is 3. The zero-order valence-corrected chi connectivity index (χ0v) is 14.7. The molecule has 2 aromatic carbocycles. The molecule has 0 saturated heterocycles. The molecule has 1 aromatic heterocycles. The smallest absolute Gasteiger partial charge is 0.265 e. The third-order valence-electron chi connectivity index (χ3n) is 3.38. The van der Waals surface area contributed by atoms with Crippen LogP contribution in [0.4, 0.5) is 17.1 Å². The number of nitrogens with two attached hydrogens (primary N) is 1. The van der Waals surface area contributed by atoms with E-state index in [1.54, 1.807) is 0 Å². The molecule has 24 heavy (non-hydrogen) atoms. The van der Waals surface area contributed by atoms with Crippen molar-refractivity contribution in [1.82, 2.24) is 0 Å². The van der Waals surface area contributed by atoms with Crippen LogP contribution in [0.5, 0.6) is 0 Å². The van der Waals surface area contributed by atoms with Crippen molar-refractivity contribution in [3.63, 3.8) is 0 Å². The van der Waals surface area contributed by atoms with Gasteiger partial charge in [0.25, 0.3) is 5.91 Å². The van der Waals surface area contributed by atoms with E-state index >= 15 is 0 Å². The molecule has 0 unspecified atom stereocenters. The van der Waals surface area contributed by atoms with Crippen LogP contribution in [0.25, 0.3) is 11.1 Å². The third kappa shape index (κ3) is 3.90. The van der Waals surface area contributed by atoms with Gasteiger partial charge in [-0.05, 0) is 52.9 Å². The van der Waals surface area contributed by atoms with E-state index < -0.39 is 0 Å². The molecule has 3 rings (SSSR count). The molecule has 4 nitrogen and oxygen atoms in total. The lowest BCUT2D eigenvalue weighted by molar-refractivity contribution is 0.103. The van der Waals surface area contributed by atoms with E-state index in [2.05, 4.69) is 10.0 Å². The summed E-state index contributed by atoms with van der Waals surface area (Å²) in [5, 5.41) is 4.90. The fourth-order valence-corrected chi connectivity index (χ4v) is 3.47. The largest absolute Gasteiger partial charge is 0.399 e. The maximum atomic E-state index is 12.4. The van der Waals surface area contributed by atoms with Crippen molar-refractivity contribution < 1.29 is 4.79 Å². The number of carbonyl (C=O) groups is 1. The second-order valence-electron chi connectivity index (χ2n) is 5.17. The molecule has 0 radical (unpaired) electrons. The van der Waals surface area contributed by atoms with Crippen molar-refractivity contribution in [2.24, 2.45) is 0 Å². The average Bonchev–Trinajstić information content (AvgIpc) is 3.06. The van der Waals surface area contributed by atoms with Crippen LogP contribution in [0.1, 0.15) is 9.67 Å². The third-order valence-corrected chi connectivity index (χ3v) is 4.75. The molecule has 0 aliphatic rings. The molecule has 1 amide bonds. The second kappa shape index (κ2) is 7.42. The fourth-order valence-electron chi connectivity index (χ4n) is 2.30. The van der Waals surface area contributed by atoms with Gasteiger partial charge in [-0.1, -0.05) is 30.1 Å². The van der Waals surface area contributed by atoms with Crippen molar-refractivity contribution in [3.05, 3.63) is 64.9 Å². The van der Waals surface area contributed by atoms with E-state index in [1.165, 1.54) is 23.3 Å². The Morgan fingerprint density at radius 3 is 2.62 bits per heavy atom. The summed E-state index contributed by atoms with van der Waals surface area (Å²) in [6.07, 6.45) is 1.95. The molecule has 0 aliphatic carbocycles. The van der Waals surface area contributed by atoms with Gasteiger partial charge >= 0.3 is 0 Å². The lowest BCUT2D eigenvalue weighted by Crippen LogP contribution is -2.10. The Labute approximate surface area is 149 Å². The monoisotopic (exact) mass is 355 g/mol. The number of benzene rings is 2. The molecule has 3 aromatic rings. The van der Waals surface area contributed by atoms with Crippen LogP contribution < -0.4 is 15.8 Å². The quantitative estimate of drug-likeness (QED) is 0.448. The van der Waals surface area contributed by atoms with Gasteiger partial charge in [0, 0.05) is 23.3 Å². The van der Waals surface area contributed by atoms with E-state index in [9.17, 15) is 4.79 Å². The van der Waals surface area contributed by atoms with Crippen molar-refractivity contribution in [1.29, 1.82) is 0 Å². The molecule has 1 heterocycles. The Bertz CT molecular complexity index is 861. The van der Waals surface area contributed by atoms with Gasteiger partial charge < -0.3 is 15.8 Å². The molecule has 0 aliphatic heterocycles. The number of amides is 1. The van der Waals surface area contributed by atoms with Crippen LogP contribution in [0.3, 0.4) is 0 Å². The number of hydrogen-bond acceptors (Lipinski definition) is 5. The summed E-state index contributed by atoms with van der Waals surface area (Å²) in [5.74, 6) is -0.114. The van der Waals surface area contributed by atoms with Gasteiger partial charge in [0.1, 0.15) is 0 Å². The van der Waals surface area contributed by atoms with Crippen LogP contribution >= 0.6 is 23.3 Å². The Morgan fingerprint density at radius 1 is 1.04 bits per heavy atom. The minimum absolute atomic E-state index is 0.114. The number of thiophene rings is 1. The van der Waals surface area contributed by atoms with Crippen LogP contribution in [0.2, 0.25) is 0 Å². The Balaban J connectivity index is 1.75. The summed E-state index contributed by atoms with van der Waals surface area (Å²) in [6, 6.07) is 17.2. The maximum Gasteiger partial charge on any atom is 0.265 e. The summed E-state index contributed by atoms with van der Waals surface area (Å²) in [5.41, 5.74) is 10.2. The van der Waals surface area contributed by atoms with Gasteiger partial charge in [-0.25, -0.2) is 0 Å². The van der Waals surface area contributed by atoms with Crippen LogP contribution in [-0.4, -0.2) is 12.2 Å². The molecule has 0 spiro atoms. The maximum absolute atomic E-state index is 12.4. The molecule has 4 N–H and O–H groups in total. The van der Waals surface area contributed by atoms with E-state index in [4.69, 9.17) is 5.73 Å². The first-order valence-corrected chi connectivity index (χ1v) is 9.41. The van der Waals surface area contributed by atoms with Gasteiger partial charge in [0.2, 0.25) is 0 Å². The average molecular weight is 355 g/mol. The van der Waals surface area contributed by atoms with Crippen molar-refractivity contribution in [3.8, 4) is 11.1 Å². The highest BCUT2D eigenvalue weighted by Crippen LogP contribution is 2.27. The molecular weight excluding hydrogens is 338 g/mol. The SMILES string of the molecule is CSNc1cccc(NC(=O)c2cc(-c3cccc(N)c3)cs2)c1. The Morgan fingerprint density at radius 2 is 1.83 bits per heavy atom. The molecule has 0 fully saturated rings. The highest BCUT2D eigenvalue weighted by atomic mass is 32.2. The number of carbonyl (C=O) groups excluding carboxylic acids is 1. The number of rotatable bonds is 5. The lowest BCUT2D eigenvalue weighted by Gasteiger charge is -2.07. The first kappa shape index (κ1) is 16.4. The summed E-state index contributed by atoms with van der Waals surface area (Å²) in [4.78, 5) is 13.1. The number of nitrogen functional groups attached to an aromatic ring is 1. The second-order valence-corrected chi connectivity index (χ2v) is 6.69. The summed E-state index contributed by atoms with van der Waals surface area (Å²) < 4.78 is 3.15. The summed E-state index contributed by atoms with van der Waals surface area (Å²) in [6.45, 7) is 0. The van der Waals surface area contributed by atoms with E-state index in [1.807, 2.05) is 66.2 Å². The molecule has 6 heteroatoms. The highest BCUT2D eigenvalue weighted by molar-refractivity contribution is 7.99. The van der Waals surface area contributed by atoms with Crippen molar-refractivity contribution >= 4 is 46.3 Å². The van der Waals surface area contributed by atoms with E-state index in [0.29, 0.717) is 10.6 Å². The van der Waals surface area contributed by atoms with Gasteiger partial charge in [-0.15, -0.1) is 11.3 Å². The molecule has 0 saturated carbocycles. The standard InChI is InChI=1S/C18H17N3OS2/c1-23-21-16-7-3-6-15(10-16)20-18(22)17-9-13(11-24-17)12-4-2-5-14(19)8-12/h2-11,21H,19H2,1H3,(H,20,22). The lowest BCUT2D eigenvalue weighted by atomic mass is 10.1.